The number of hydrogen-bond donors (Lipinski definition) is 1. The minimum Gasteiger partial charge on any atom is -0.489 e. The minimum atomic E-state index is -0.242. The molecule has 22 heavy (non-hydrogen) atoms. The second kappa shape index (κ2) is 8.16. The van der Waals surface area contributed by atoms with Gasteiger partial charge in [-0.3, -0.25) is 0 Å². The molecule has 2 aromatic rings. The van der Waals surface area contributed by atoms with Crippen molar-refractivity contribution in [2.75, 3.05) is 6.54 Å². The zero-order valence-electron chi connectivity index (χ0n) is 12.9. The highest BCUT2D eigenvalue weighted by atomic mass is 35.5. The molecule has 0 amide bonds. The first-order valence-corrected chi connectivity index (χ1v) is 7.79. The van der Waals surface area contributed by atoms with Crippen LogP contribution in [0.3, 0.4) is 0 Å². The van der Waals surface area contributed by atoms with Gasteiger partial charge < -0.3 is 10.1 Å². The lowest BCUT2D eigenvalue weighted by molar-refractivity contribution is 0.301. The highest BCUT2D eigenvalue weighted by molar-refractivity contribution is 6.30. The van der Waals surface area contributed by atoms with E-state index in [2.05, 4.69) is 19.2 Å². The first kappa shape index (κ1) is 16.8. The van der Waals surface area contributed by atoms with Gasteiger partial charge in [0.2, 0.25) is 0 Å². The van der Waals surface area contributed by atoms with Crippen molar-refractivity contribution in [2.45, 2.75) is 27.0 Å². The summed E-state index contributed by atoms with van der Waals surface area (Å²) < 4.78 is 18.8. The summed E-state index contributed by atoms with van der Waals surface area (Å²) in [5.74, 6) is 1.14. The molecular weight excluding hydrogens is 301 g/mol. The Bertz CT molecular complexity index is 599. The van der Waals surface area contributed by atoms with Gasteiger partial charge in [0.05, 0.1) is 0 Å². The smallest absolute Gasteiger partial charge is 0.124 e. The molecule has 0 fully saturated rings. The van der Waals surface area contributed by atoms with Crippen LogP contribution in [0.4, 0.5) is 4.39 Å². The molecule has 2 nitrogen and oxygen atoms in total. The molecule has 0 unspecified atom stereocenters. The van der Waals surface area contributed by atoms with Crippen molar-refractivity contribution in [1.29, 1.82) is 0 Å². The summed E-state index contributed by atoms with van der Waals surface area (Å²) in [6.45, 7) is 6.37. The fourth-order valence-electron chi connectivity index (χ4n) is 2.06. The van der Waals surface area contributed by atoms with E-state index in [4.69, 9.17) is 16.3 Å². The van der Waals surface area contributed by atoms with E-state index < -0.39 is 0 Å². The van der Waals surface area contributed by atoms with Crippen molar-refractivity contribution in [1.82, 2.24) is 5.32 Å². The quantitative estimate of drug-likeness (QED) is 0.790. The average Bonchev–Trinajstić information content (AvgIpc) is 2.48. The highest BCUT2D eigenvalue weighted by Gasteiger charge is 2.06. The number of halogens is 2. The lowest BCUT2D eigenvalue weighted by Gasteiger charge is -2.14. The molecular formula is C18H21ClFNO. The fraction of sp³-hybridized carbons (Fsp3) is 0.333. The van der Waals surface area contributed by atoms with Gasteiger partial charge in [-0.2, -0.15) is 0 Å². The SMILES string of the molecule is CC(C)CNCc1cc(Cl)ccc1OCc1ccc(F)cc1. The lowest BCUT2D eigenvalue weighted by atomic mass is 10.1. The highest BCUT2D eigenvalue weighted by Crippen LogP contribution is 2.24. The Hall–Kier alpha value is -1.58. The molecule has 0 heterocycles. The zero-order chi connectivity index (χ0) is 15.9. The first-order valence-electron chi connectivity index (χ1n) is 7.41. The summed E-state index contributed by atoms with van der Waals surface area (Å²) in [5, 5.41) is 4.08. The van der Waals surface area contributed by atoms with Crippen molar-refractivity contribution in [3.05, 3.63) is 64.4 Å². The van der Waals surface area contributed by atoms with Crippen molar-refractivity contribution in [3.63, 3.8) is 0 Å². The molecule has 0 saturated heterocycles. The van der Waals surface area contributed by atoms with Crippen LogP contribution in [0.15, 0.2) is 42.5 Å². The first-order chi connectivity index (χ1) is 10.5. The molecule has 2 rings (SSSR count). The van der Waals surface area contributed by atoms with Crippen molar-refractivity contribution in [3.8, 4) is 5.75 Å². The van der Waals surface area contributed by atoms with E-state index in [1.54, 1.807) is 12.1 Å². The van der Waals surface area contributed by atoms with Gasteiger partial charge in [-0.1, -0.05) is 37.6 Å². The zero-order valence-corrected chi connectivity index (χ0v) is 13.7. The molecule has 0 bridgehead atoms. The average molecular weight is 322 g/mol. The van der Waals surface area contributed by atoms with Crippen LogP contribution in [0.25, 0.3) is 0 Å². The van der Waals surface area contributed by atoms with Crippen molar-refractivity contribution >= 4 is 11.6 Å². The summed E-state index contributed by atoms with van der Waals surface area (Å²) in [5.41, 5.74) is 1.95. The van der Waals surface area contributed by atoms with E-state index in [-0.39, 0.29) is 5.82 Å². The molecule has 0 aliphatic carbocycles. The van der Waals surface area contributed by atoms with Crippen LogP contribution in [0.2, 0.25) is 5.02 Å². The summed E-state index contributed by atoms with van der Waals surface area (Å²) in [6.07, 6.45) is 0. The summed E-state index contributed by atoms with van der Waals surface area (Å²) >= 11 is 6.07. The van der Waals surface area contributed by atoms with Gasteiger partial charge >= 0.3 is 0 Å². The molecule has 0 aliphatic rings. The molecule has 0 spiro atoms. The van der Waals surface area contributed by atoms with Crippen LogP contribution in [0, 0.1) is 11.7 Å². The molecule has 1 N–H and O–H groups in total. The van der Waals surface area contributed by atoms with Gasteiger partial charge in [0.1, 0.15) is 18.2 Å². The Balaban J connectivity index is 2.01. The third kappa shape index (κ3) is 5.32. The second-order valence-corrected chi connectivity index (χ2v) is 6.13. The van der Waals surface area contributed by atoms with Gasteiger partial charge in [0.25, 0.3) is 0 Å². The standard InChI is InChI=1S/C18H21ClFNO/c1-13(2)10-21-11-15-9-16(19)5-8-18(15)22-12-14-3-6-17(20)7-4-14/h3-9,13,21H,10-12H2,1-2H3. The van der Waals surface area contributed by atoms with Crippen LogP contribution >= 0.6 is 11.6 Å². The fourth-order valence-corrected chi connectivity index (χ4v) is 2.26. The summed E-state index contributed by atoms with van der Waals surface area (Å²) in [4.78, 5) is 0. The maximum absolute atomic E-state index is 12.9. The Morgan fingerprint density at radius 3 is 2.55 bits per heavy atom. The van der Waals surface area contributed by atoms with Crippen LogP contribution in [0.1, 0.15) is 25.0 Å². The molecule has 0 atom stereocenters. The number of ether oxygens (including phenoxy) is 1. The number of rotatable bonds is 7. The molecule has 118 valence electrons. The molecule has 0 aliphatic heterocycles. The van der Waals surface area contributed by atoms with Gasteiger partial charge in [-0.15, -0.1) is 0 Å². The molecule has 2 aromatic carbocycles. The van der Waals surface area contributed by atoms with Crippen molar-refractivity contribution in [2.24, 2.45) is 5.92 Å². The maximum Gasteiger partial charge on any atom is 0.124 e. The van der Waals surface area contributed by atoms with Crippen LogP contribution in [-0.2, 0) is 13.2 Å². The van der Waals surface area contributed by atoms with E-state index in [0.717, 1.165) is 23.4 Å². The molecule has 0 radical (unpaired) electrons. The third-order valence-corrected chi connectivity index (χ3v) is 3.43. The van der Waals surface area contributed by atoms with E-state index >= 15 is 0 Å². The lowest BCUT2D eigenvalue weighted by Crippen LogP contribution is -2.19. The third-order valence-electron chi connectivity index (χ3n) is 3.20. The normalized spacial score (nSPS) is 11.0. The minimum absolute atomic E-state index is 0.242. The number of hydrogen-bond acceptors (Lipinski definition) is 2. The van der Waals surface area contributed by atoms with E-state index in [1.165, 1.54) is 12.1 Å². The summed E-state index contributed by atoms with van der Waals surface area (Å²) in [7, 11) is 0. The van der Waals surface area contributed by atoms with E-state index in [1.807, 2.05) is 18.2 Å². The molecule has 4 heteroatoms. The van der Waals surface area contributed by atoms with Gasteiger partial charge in [0.15, 0.2) is 0 Å². The predicted molar refractivity (Wildman–Crippen MR) is 88.7 cm³/mol. The van der Waals surface area contributed by atoms with Crippen LogP contribution < -0.4 is 10.1 Å². The van der Waals surface area contributed by atoms with Gasteiger partial charge in [0, 0.05) is 17.1 Å². The van der Waals surface area contributed by atoms with E-state index in [9.17, 15) is 4.39 Å². The Morgan fingerprint density at radius 1 is 1.14 bits per heavy atom. The largest absolute Gasteiger partial charge is 0.489 e. The van der Waals surface area contributed by atoms with Crippen LogP contribution in [0.5, 0.6) is 5.75 Å². The van der Waals surface area contributed by atoms with Crippen molar-refractivity contribution < 1.29 is 9.13 Å². The monoisotopic (exact) mass is 321 g/mol. The predicted octanol–water partition coefficient (Wildman–Crippen LogP) is 4.80. The Morgan fingerprint density at radius 2 is 1.86 bits per heavy atom. The second-order valence-electron chi connectivity index (χ2n) is 5.69. The number of benzene rings is 2. The van der Waals surface area contributed by atoms with E-state index in [0.29, 0.717) is 24.1 Å². The topological polar surface area (TPSA) is 21.3 Å². The van der Waals surface area contributed by atoms with Gasteiger partial charge in [-0.05, 0) is 48.4 Å². The van der Waals surface area contributed by atoms with Gasteiger partial charge in [-0.25, -0.2) is 4.39 Å². The summed E-state index contributed by atoms with van der Waals surface area (Å²) in [6, 6.07) is 11.9. The molecule has 0 aromatic heterocycles. The van der Waals surface area contributed by atoms with Crippen LogP contribution in [-0.4, -0.2) is 6.54 Å². The number of nitrogens with one attached hydrogen (secondary N) is 1. The maximum atomic E-state index is 12.9. The Labute approximate surface area is 136 Å². The Kier molecular flexibility index (Phi) is 6.22. The molecule has 0 saturated carbocycles.